The van der Waals surface area contributed by atoms with E-state index in [0.29, 0.717) is 13.2 Å². The van der Waals surface area contributed by atoms with Gasteiger partial charge in [-0.15, -0.1) is 0 Å². The molecule has 0 radical (unpaired) electrons. The summed E-state index contributed by atoms with van der Waals surface area (Å²) in [7, 11) is -1.99. The molecule has 198 valence electrons. The van der Waals surface area contributed by atoms with Crippen molar-refractivity contribution in [1.29, 1.82) is 0 Å². The van der Waals surface area contributed by atoms with Crippen LogP contribution in [0, 0.1) is 10.1 Å². The number of benzene rings is 2. The van der Waals surface area contributed by atoms with Crippen LogP contribution in [0.15, 0.2) is 41.3 Å². The first-order chi connectivity index (χ1) is 17.0. The van der Waals surface area contributed by atoms with Gasteiger partial charge < -0.3 is 24.3 Å². The third-order valence-electron chi connectivity index (χ3n) is 4.87. The Morgan fingerprint density at radius 1 is 1.08 bits per heavy atom. The van der Waals surface area contributed by atoms with Gasteiger partial charge >= 0.3 is 5.97 Å². The molecule has 0 saturated carbocycles. The molecule has 11 nitrogen and oxygen atoms in total. The second kappa shape index (κ2) is 13.4. The molecule has 0 heterocycles. The summed E-state index contributed by atoms with van der Waals surface area (Å²) >= 11 is 6.23. The lowest BCUT2D eigenvalue weighted by molar-refractivity contribution is -0.384. The summed E-state index contributed by atoms with van der Waals surface area (Å²) in [5.74, 6) is -0.298. The summed E-state index contributed by atoms with van der Waals surface area (Å²) in [5, 5.41) is 13.7. The number of esters is 1. The molecule has 36 heavy (non-hydrogen) atoms. The maximum absolute atomic E-state index is 12.4. The third-order valence-corrected chi connectivity index (χ3v) is 7.32. The number of sulfone groups is 1. The highest BCUT2D eigenvalue weighted by molar-refractivity contribution is 7.92. The Labute approximate surface area is 214 Å². The van der Waals surface area contributed by atoms with E-state index in [1.165, 1.54) is 43.3 Å². The molecule has 1 atom stereocenters. The highest BCUT2D eigenvalue weighted by Gasteiger charge is 2.23. The zero-order valence-corrected chi connectivity index (χ0v) is 21.9. The van der Waals surface area contributed by atoms with Crippen LogP contribution in [-0.2, 0) is 28.8 Å². The molecule has 0 saturated heterocycles. The largest absolute Gasteiger partial charge is 0.462 e. The van der Waals surface area contributed by atoms with Crippen molar-refractivity contribution < 1.29 is 37.1 Å². The minimum Gasteiger partial charge on any atom is -0.462 e. The number of carbonyl (C=O) groups is 1. The van der Waals surface area contributed by atoms with Gasteiger partial charge in [0, 0.05) is 19.2 Å². The van der Waals surface area contributed by atoms with E-state index in [4.69, 9.17) is 30.5 Å². The lowest BCUT2D eigenvalue weighted by Crippen LogP contribution is -2.29. The summed E-state index contributed by atoms with van der Waals surface area (Å²) < 4.78 is 45.6. The predicted molar refractivity (Wildman–Crippen MR) is 134 cm³/mol. The summed E-state index contributed by atoms with van der Waals surface area (Å²) in [6, 6.07) is 7.06. The number of methoxy groups -OCH3 is 1. The van der Waals surface area contributed by atoms with E-state index in [-0.39, 0.29) is 46.0 Å². The monoisotopic (exact) mass is 544 g/mol. The highest BCUT2D eigenvalue weighted by Crippen LogP contribution is 2.36. The number of nitro benzene ring substituents is 1. The van der Waals surface area contributed by atoms with Crippen molar-refractivity contribution in [2.45, 2.75) is 37.0 Å². The van der Waals surface area contributed by atoms with Crippen LogP contribution in [0.4, 0.5) is 11.4 Å². The fourth-order valence-electron chi connectivity index (χ4n) is 2.86. The van der Waals surface area contributed by atoms with E-state index in [1.807, 2.05) is 0 Å². The third kappa shape index (κ3) is 8.05. The molecule has 13 heteroatoms. The molecule has 0 spiro atoms. The van der Waals surface area contributed by atoms with Crippen molar-refractivity contribution >= 4 is 38.8 Å². The molecule has 0 aromatic heterocycles. The van der Waals surface area contributed by atoms with Gasteiger partial charge in [-0.05, 0) is 45.0 Å². The Bertz CT molecular complexity index is 1170. The van der Waals surface area contributed by atoms with Crippen LogP contribution in [0.25, 0.3) is 0 Å². The second-order valence-electron chi connectivity index (χ2n) is 7.86. The van der Waals surface area contributed by atoms with Gasteiger partial charge in [0.15, 0.2) is 9.84 Å². The zero-order valence-electron chi connectivity index (χ0n) is 20.4. The number of nitrogens with zero attached hydrogens (tertiary/aromatic N) is 1. The number of hydrogen-bond acceptors (Lipinski definition) is 10. The first-order valence-electron chi connectivity index (χ1n) is 11.0. The summed E-state index contributed by atoms with van der Waals surface area (Å²) in [4.78, 5) is 23.2. The fraction of sp³-hybridized carbons (Fsp3) is 0.435. The van der Waals surface area contributed by atoms with Crippen LogP contribution in [0.2, 0.25) is 5.02 Å². The van der Waals surface area contributed by atoms with Crippen LogP contribution >= 0.6 is 11.6 Å². The Kier molecular flexibility index (Phi) is 10.9. The van der Waals surface area contributed by atoms with Crippen LogP contribution < -0.4 is 10.1 Å². The minimum atomic E-state index is -3.53. The standard InChI is InChI=1S/C23H29ClN2O9S/c1-15(2)36(30,31)18-6-8-22(19(24)14-18)35-17-5-7-21(26(28)29)20(13-17)25-16(3)23(27)34-12-11-33-10-9-32-4/h5-8,13-16,25H,9-12H2,1-4H3. The van der Waals surface area contributed by atoms with Crippen molar-refractivity contribution in [3.8, 4) is 11.5 Å². The van der Waals surface area contributed by atoms with E-state index in [0.717, 1.165) is 0 Å². The second-order valence-corrected chi connectivity index (χ2v) is 10.8. The average Bonchev–Trinajstić information content (AvgIpc) is 2.82. The zero-order chi connectivity index (χ0) is 26.9. The van der Waals surface area contributed by atoms with Crippen molar-refractivity contribution in [2.75, 3.05) is 38.9 Å². The SMILES string of the molecule is COCCOCCOC(=O)C(C)Nc1cc(Oc2ccc(S(=O)(=O)C(C)C)cc2Cl)ccc1[N+](=O)[O-]. The lowest BCUT2D eigenvalue weighted by Gasteiger charge is -2.16. The summed E-state index contributed by atoms with van der Waals surface area (Å²) in [6.07, 6.45) is 0. The number of nitrogens with one attached hydrogen (secondary N) is 1. The number of rotatable bonds is 14. The fourth-order valence-corrected chi connectivity index (χ4v) is 4.22. The Balaban J connectivity index is 2.14. The van der Waals surface area contributed by atoms with Crippen molar-refractivity contribution in [1.82, 2.24) is 0 Å². The topological polar surface area (TPSA) is 143 Å². The number of halogens is 1. The van der Waals surface area contributed by atoms with Crippen molar-refractivity contribution in [2.24, 2.45) is 0 Å². The van der Waals surface area contributed by atoms with Gasteiger partial charge in [0.25, 0.3) is 5.69 Å². The quantitative estimate of drug-likeness (QED) is 0.159. The summed E-state index contributed by atoms with van der Waals surface area (Å²) in [5.41, 5.74) is -0.261. The molecular formula is C23H29ClN2O9S. The molecule has 0 aliphatic carbocycles. The molecule has 1 N–H and O–H groups in total. The van der Waals surface area contributed by atoms with Gasteiger partial charge in [0.1, 0.15) is 29.8 Å². The van der Waals surface area contributed by atoms with Crippen LogP contribution in [0.3, 0.4) is 0 Å². The van der Waals surface area contributed by atoms with E-state index < -0.39 is 32.0 Å². The summed E-state index contributed by atoms with van der Waals surface area (Å²) in [6.45, 7) is 5.60. The maximum atomic E-state index is 12.4. The van der Waals surface area contributed by atoms with Gasteiger partial charge in [-0.1, -0.05) is 11.6 Å². The number of anilines is 1. The molecule has 2 aromatic carbocycles. The van der Waals surface area contributed by atoms with Crippen molar-refractivity contribution in [3.05, 3.63) is 51.5 Å². The van der Waals surface area contributed by atoms with E-state index in [1.54, 1.807) is 21.0 Å². The molecule has 0 amide bonds. The highest BCUT2D eigenvalue weighted by atomic mass is 35.5. The van der Waals surface area contributed by atoms with E-state index in [2.05, 4.69) is 5.32 Å². The average molecular weight is 545 g/mol. The van der Waals surface area contributed by atoms with Crippen LogP contribution in [0.1, 0.15) is 20.8 Å². The lowest BCUT2D eigenvalue weighted by atomic mass is 10.2. The van der Waals surface area contributed by atoms with Gasteiger partial charge in [0.2, 0.25) is 0 Å². The number of nitro groups is 1. The molecule has 1 unspecified atom stereocenters. The maximum Gasteiger partial charge on any atom is 0.328 e. The molecule has 0 aliphatic heterocycles. The van der Waals surface area contributed by atoms with E-state index >= 15 is 0 Å². The minimum absolute atomic E-state index is 0.0147. The first kappa shape index (κ1) is 29.3. The van der Waals surface area contributed by atoms with Crippen LogP contribution in [0.5, 0.6) is 11.5 Å². The number of ether oxygens (including phenoxy) is 4. The molecule has 0 aliphatic rings. The molecule has 0 bridgehead atoms. The number of carbonyl (C=O) groups excluding carboxylic acids is 1. The molecule has 0 fully saturated rings. The van der Waals surface area contributed by atoms with Crippen LogP contribution in [-0.4, -0.2) is 64.1 Å². The van der Waals surface area contributed by atoms with Gasteiger partial charge in [-0.2, -0.15) is 0 Å². The Hall–Kier alpha value is -2.93. The Morgan fingerprint density at radius 3 is 2.39 bits per heavy atom. The van der Waals surface area contributed by atoms with Gasteiger partial charge in [0.05, 0.1) is 39.9 Å². The normalized spacial score (nSPS) is 12.3. The van der Waals surface area contributed by atoms with Gasteiger partial charge in [-0.25, -0.2) is 13.2 Å². The molecular weight excluding hydrogens is 516 g/mol. The first-order valence-corrected chi connectivity index (χ1v) is 12.9. The Morgan fingerprint density at radius 2 is 1.78 bits per heavy atom. The van der Waals surface area contributed by atoms with Crippen molar-refractivity contribution in [3.63, 3.8) is 0 Å². The van der Waals surface area contributed by atoms with Gasteiger partial charge in [-0.3, -0.25) is 10.1 Å². The van der Waals surface area contributed by atoms with E-state index in [9.17, 15) is 23.3 Å². The molecule has 2 rings (SSSR count). The molecule has 2 aromatic rings. The predicted octanol–water partition coefficient (Wildman–Crippen LogP) is 4.23. The smallest absolute Gasteiger partial charge is 0.328 e. The number of hydrogen-bond donors (Lipinski definition) is 1.